The molecule has 1 radical (unpaired) electrons. The Bertz CT molecular complexity index is 383. The first-order chi connectivity index (χ1) is 5.27. The highest BCUT2D eigenvalue weighted by Gasteiger charge is 2.13. The molecule has 0 atom stereocenters. The zero-order valence-corrected chi connectivity index (χ0v) is 5.96. The summed E-state index contributed by atoms with van der Waals surface area (Å²) >= 11 is 5.45. The van der Waals surface area contributed by atoms with E-state index in [1.165, 1.54) is 6.34 Å². The summed E-state index contributed by atoms with van der Waals surface area (Å²) in [6.45, 7) is 0. The minimum absolute atomic E-state index is 0.0306. The minimum atomic E-state index is -0.363. The summed E-state index contributed by atoms with van der Waals surface area (Å²) < 4.78 is 0. The second-order valence-corrected chi connectivity index (χ2v) is 2.26. The number of aliphatic imine (C=N–C) groups is 1. The smallest absolute Gasteiger partial charge is 0.280 e. The van der Waals surface area contributed by atoms with Crippen molar-refractivity contribution in [1.29, 1.82) is 0 Å². The summed E-state index contributed by atoms with van der Waals surface area (Å²) in [5.41, 5.74) is -0.146. The maximum Gasteiger partial charge on any atom is 0.280 e. The summed E-state index contributed by atoms with van der Waals surface area (Å²) in [7, 11) is 0. The van der Waals surface area contributed by atoms with Crippen molar-refractivity contribution in [2.24, 2.45) is 4.99 Å². The molecule has 2 rings (SSSR count). The maximum atomic E-state index is 11.0. The van der Waals surface area contributed by atoms with Crippen LogP contribution in [0, 0.1) is 0 Å². The number of rotatable bonds is 0. The predicted octanol–water partition coefficient (Wildman–Crippen LogP) is 0.333. The van der Waals surface area contributed by atoms with Gasteiger partial charge in [0.25, 0.3) is 5.56 Å². The van der Waals surface area contributed by atoms with Crippen molar-refractivity contribution in [3.63, 3.8) is 0 Å². The molecule has 0 bridgehead atoms. The number of halogens is 1. The van der Waals surface area contributed by atoms with Gasteiger partial charge in [0, 0.05) is 0 Å². The summed E-state index contributed by atoms with van der Waals surface area (Å²) in [6, 6.07) is 0. The van der Waals surface area contributed by atoms with Gasteiger partial charge in [-0.1, -0.05) is 0 Å². The van der Waals surface area contributed by atoms with Crippen LogP contribution in [-0.4, -0.2) is 16.3 Å². The topological polar surface area (TPSA) is 72.2 Å². The first-order valence-electron chi connectivity index (χ1n) is 2.80. The van der Waals surface area contributed by atoms with E-state index in [0.717, 1.165) is 0 Å². The van der Waals surface area contributed by atoms with Crippen LogP contribution in [0.15, 0.2) is 9.79 Å². The first-order valence-corrected chi connectivity index (χ1v) is 3.18. The standard InChI is InChI=1S/C5H2ClN4O/c6-5-9-3-2(4(11)10-5)7-1-8-3/h1H,(H,9,10,11). The number of fused-ring (bicyclic) bond motifs is 1. The molecule has 1 aliphatic rings. The molecule has 0 spiro atoms. The molecule has 1 aromatic rings. The summed E-state index contributed by atoms with van der Waals surface area (Å²) in [5.74, 6) is 0.277. The van der Waals surface area contributed by atoms with E-state index in [1.54, 1.807) is 0 Å². The Balaban J connectivity index is 2.76. The monoisotopic (exact) mass is 169 g/mol. The lowest BCUT2D eigenvalue weighted by Gasteiger charge is -1.92. The molecule has 2 heterocycles. The molecule has 1 aromatic heterocycles. The second kappa shape index (κ2) is 2.06. The SMILES string of the molecule is O=c1[nH]c(Cl)nc2c1[N]C=N2. The Labute approximate surface area is 66.1 Å². The van der Waals surface area contributed by atoms with Crippen molar-refractivity contribution in [1.82, 2.24) is 15.3 Å². The molecule has 0 aliphatic carbocycles. The fourth-order valence-corrected chi connectivity index (χ4v) is 0.942. The van der Waals surface area contributed by atoms with Crippen molar-refractivity contribution in [2.45, 2.75) is 0 Å². The lowest BCUT2D eigenvalue weighted by molar-refractivity contribution is 1.10. The fourth-order valence-electron chi connectivity index (χ4n) is 0.776. The van der Waals surface area contributed by atoms with E-state index in [-0.39, 0.29) is 22.3 Å². The lowest BCUT2D eigenvalue weighted by Crippen LogP contribution is -2.10. The number of hydrogen-bond acceptors (Lipinski definition) is 3. The Morgan fingerprint density at radius 2 is 2.36 bits per heavy atom. The van der Waals surface area contributed by atoms with Gasteiger partial charge in [-0.05, 0) is 11.6 Å². The number of hydrogen-bond donors (Lipinski definition) is 1. The van der Waals surface area contributed by atoms with Crippen LogP contribution < -0.4 is 10.9 Å². The van der Waals surface area contributed by atoms with Crippen molar-refractivity contribution < 1.29 is 0 Å². The third-order valence-electron chi connectivity index (χ3n) is 1.21. The second-order valence-electron chi connectivity index (χ2n) is 1.90. The molecule has 5 nitrogen and oxygen atoms in total. The van der Waals surface area contributed by atoms with Gasteiger partial charge >= 0.3 is 0 Å². The van der Waals surface area contributed by atoms with Gasteiger partial charge in [-0.3, -0.25) is 9.78 Å². The van der Waals surface area contributed by atoms with Crippen LogP contribution in [-0.2, 0) is 0 Å². The molecule has 1 N–H and O–H groups in total. The molecule has 0 aromatic carbocycles. The van der Waals surface area contributed by atoms with E-state index < -0.39 is 0 Å². The first kappa shape index (κ1) is 6.36. The third kappa shape index (κ3) is 0.894. The maximum absolute atomic E-state index is 11.0. The van der Waals surface area contributed by atoms with Crippen LogP contribution in [0.25, 0.3) is 0 Å². The Kier molecular flexibility index (Phi) is 1.19. The number of aromatic nitrogens is 2. The van der Waals surface area contributed by atoms with E-state index >= 15 is 0 Å². The molecular formula is C5H2ClN4O. The average molecular weight is 170 g/mol. The van der Waals surface area contributed by atoms with Crippen LogP contribution in [0.5, 0.6) is 0 Å². The Morgan fingerprint density at radius 3 is 3.18 bits per heavy atom. The van der Waals surface area contributed by atoms with Crippen LogP contribution in [0.2, 0.25) is 5.28 Å². The molecule has 0 fully saturated rings. The Morgan fingerprint density at radius 1 is 1.55 bits per heavy atom. The van der Waals surface area contributed by atoms with Crippen LogP contribution in [0.4, 0.5) is 11.5 Å². The zero-order chi connectivity index (χ0) is 7.84. The molecule has 55 valence electrons. The summed E-state index contributed by atoms with van der Waals surface area (Å²) in [4.78, 5) is 20.7. The highest BCUT2D eigenvalue weighted by atomic mass is 35.5. The molecule has 0 amide bonds. The van der Waals surface area contributed by atoms with E-state index in [9.17, 15) is 4.79 Å². The largest absolute Gasteiger partial charge is 0.295 e. The number of aromatic amines is 1. The number of H-pyrrole nitrogens is 1. The molecule has 0 unspecified atom stereocenters. The summed E-state index contributed by atoms with van der Waals surface area (Å²) in [6.07, 6.45) is 1.27. The molecule has 1 aliphatic heterocycles. The molecule has 0 saturated heterocycles. The van der Waals surface area contributed by atoms with Crippen molar-refractivity contribution in [3.05, 3.63) is 15.6 Å². The van der Waals surface area contributed by atoms with Gasteiger partial charge in [0.15, 0.2) is 11.5 Å². The highest BCUT2D eigenvalue weighted by Crippen LogP contribution is 2.21. The van der Waals surface area contributed by atoms with Gasteiger partial charge in [-0.25, -0.2) is 10.3 Å². The normalized spacial score (nSPS) is 12.8. The minimum Gasteiger partial charge on any atom is -0.295 e. The highest BCUT2D eigenvalue weighted by molar-refractivity contribution is 6.28. The Hall–Kier alpha value is -1.36. The van der Waals surface area contributed by atoms with Gasteiger partial charge in [-0.15, -0.1) is 0 Å². The summed E-state index contributed by atoms with van der Waals surface area (Å²) in [5, 5.41) is 3.71. The quantitative estimate of drug-likeness (QED) is 0.569. The van der Waals surface area contributed by atoms with Crippen LogP contribution >= 0.6 is 11.6 Å². The van der Waals surface area contributed by atoms with Gasteiger partial charge in [0.05, 0.1) is 0 Å². The van der Waals surface area contributed by atoms with Gasteiger partial charge < -0.3 is 0 Å². The number of nitrogens with zero attached hydrogens (tertiary/aromatic N) is 3. The van der Waals surface area contributed by atoms with Crippen LogP contribution in [0.3, 0.4) is 0 Å². The number of nitrogens with one attached hydrogen (secondary N) is 1. The van der Waals surface area contributed by atoms with Crippen molar-refractivity contribution in [2.75, 3.05) is 0 Å². The lowest BCUT2D eigenvalue weighted by atomic mass is 10.5. The third-order valence-corrected chi connectivity index (χ3v) is 1.39. The van der Waals surface area contributed by atoms with Crippen molar-refractivity contribution >= 4 is 29.4 Å². The fraction of sp³-hybridized carbons (Fsp3) is 0. The predicted molar refractivity (Wildman–Crippen MR) is 39.8 cm³/mol. The van der Waals surface area contributed by atoms with E-state index in [1.807, 2.05) is 0 Å². The average Bonchev–Trinajstić information content (AvgIpc) is 2.34. The molecular weight excluding hydrogens is 168 g/mol. The zero-order valence-electron chi connectivity index (χ0n) is 5.21. The van der Waals surface area contributed by atoms with E-state index in [0.29, 0.717) is 0 Å². The van der Waals surface area contributed by atoms with Crippen molar-refractivity contribution in [3.8, 4) is 0 Å². The van der Waals surface area contributed by atoms with Crippen LogP contribution in [0.1, 0.15) is 0 Å². The van der Waals surface area contributed by atoms with Gasteiger partial charge in [0.2, 0.25) is 5.28 Å². The molecule has 0 saturated carbocycles. The van der Waals surface area contributed by atoms with Gasteiger partial charge in [0.1, 0.15) is 6.34 Å². The van der Waals surface area contributed by atoms with E-state index in [4.69, 9.17) is 11.6 Å². The van der Waals surface area contributed by atoms with Gasteiger partial charge in [-0.2, -0.15) is 4.98 Å². The molecule has 11 heavy (non-hydrogen) atoms. The van der Waals surface area contributed by atoms with E-state index in [2.05, 4.69) is 20.3 Å². The molecule has 6 heteroatoms.